The molecule has 0 bridgehead atoms. The first-order valence-electron chi connectivity index (χ1n) is 7.41. The molecule has 20 heavy (non-hydrogen) atoms. The molecule has 2 heteroatoms. The van der Waals surface area contributed by atoms with Crippen molar-refractivity contribution in [2.24, 2.45) is 0 Å². The fourth-order valence-electron chi connectivity index (χ4n) is 3.18. The first kappa shape index (κ1) is 13.2. The summed E-state index contributed by atoms with van der Waals surface area (Å²) >= 11 is 0. The molecular formula is C18H22NO+. The number of fused-ring (bicyclic) bond motifs is 1. The largest absolute Gasteiger partial charge is 0.496 e. The van der Waals surface area contributed by atoms with Gasteiger partial charge in [0.2, 0.25) is 0 Å². The number of methoxy groups -OCH3 is 1. The van der Waals surface area contributed by atoms with Crippen LogP contribution in [0.25, 0.3) is 0 Å². The van der Waals surface area contributed by atoms with Gasteiger partial charge < -0.3 is 10.1 Å². The van der Waals surface area contributed by atoms with Crippen LogP contribution in [-0.4, -0.2) is 7.11 Å². The number of para-hydroxylation sites is 1. The van der Waals surface area contributed by atoms with Crippen molar-refractivity contribution in [1.29, 1.82) is 0 Å². The maximum absolute atomic E-state index is 5.43. The van der Waals surface area contributed by atoms with Gasteiger partial charge in [-0.1, -0.05) is 36.4 Å². The molecular weight excluding hydrogens is 246 g/mol. The molecule has 2 aromatic rings. The van der Waals surface area contributed by atoms with E-state index in [1.807, 2.05) is 12.1 Å². The first-order valence-corrected chi connectivity index (χ1v) is 7.41. The van der Waals surface area contributed by atoms with Crippen LogP contribution < -0.4 is 10.1 Å². The van der Waals surface area contributed by atoms with Gasteiger partial charge in [0.25, 0.3) is 0 Å². The second kappa shape index (κ2) is 6.10. The Bertz CT molecular complexity index is 579. The molecule has 0 spiro atoms. The maximum atomic E-state index is 5.43. The van der Waals surface area contributed by atoms with Gasteiger partial charge in [0.15, 0.2) is 0 Å². The van der Waals surface area contributed by atoms with Gasteiger partial charge in [-0.05, 0) is 30.5 Å². The molecule has 0 aliphatic heterocycles. The summed E-state index contributed by atoms with van der Waals surface area (Å²) in [7, 11) is 1.74. The summed E-state index contributed by atoms with van der Waals surface area (Å²) in [4.78, 5) is 0. The smallest absolute Gasteiger partial charge is 0.127 e. The Balaban J connectivity index is 1.73. The van der Waals surface area contributed by atoms with Crippen LogP contribution in [0.1, 0.15) is 35.6 Å². The average molecular weight is 268 g/mol. The highest BCUT2D eigenvalue weighted by Gasteiger charge is 2.22. The SMILES string of the molecule is COc1ccccc1C[NH2+]C1CCCc2ccccc21. The van der Waals surface area contributed by atoms with E-state index in [1.165, 1.54) is 36.0 Å². The molecule has 1 aliphatic rings. The topological polar surface area (TPSA) is 25.8 Å². The Morgan fingerprint density at radius 1 is 1.10 bits per heavy atom. The second-order valence-electron chi connectivity index (χ2n) is 5.45. The van der Waals surface area contributed by atoms with Gasteiger partial charge in [0.05, 0.1) is 7.11 Å². The number of nitrogens with two attached hydrogens (primary N) is 1. The van der Waals surface area contributed by atoms with Crippen molar-refractivity contribution in [1.82, 2.24) is 0 Å². The lowest BCUT2D eigenvalue weighted by Crippen LogP contribution is -2.84. The molecule has 0 fully saturated rings. The van der Waals surface area contributed by atoms with Crippen molar-refractivity contribution >= 4 is 0 Å². The lowest BCUT2D eigenvalue weighted by Gasteiger charge is -2.24. The average Bonchev–Trinajstić information content (AvgIpc) is 2.53. The van der Waals surface area contributed by atoms with Crippen LogP contribution in [0.4, 0.5) is 0 Å². The summed E-state index contributed by atoms with van der Waals surface area (Å²) in [6.45, 7) is 0.975. The van der Waals surface area contributed by atoms with Crippen LogP contribution in [0.2, 0.25) is 0 Å². The number of aryl methyl sites for hydroxylation is 1. The van der Waals surface area contributed by atoms with E-state index in [1.54, 1.807) is 7.11 Å². The van der Waals surface area contributed by atoms with Crippen molar-refractivity contribution in [2.75, 3.05) is 7.11 Å². The summed E-state index contributed by atoms with van der Waals surface area (Å²) in [5.74, 6) is 0.993. The molecule has 1 aliphatic carbocycles. The molecule has 1 atom stereocenters. The normalized spacial score (nSPS) is 17.6. The lowest BCUT2D eigenvalue weighted by atomic mass is 9.87. The van der Waals surface area contributed by atoms with Gasteiger partial charge in [-0.25, -0.2) is 0 Å². The molecule has 3 rings (SSSR count). The van der Waals surface area contributed by atoms with Crippen molar-refractivity contribution < 1.29 is 10.1 Å². The van der Waals surface area contributed by atoms with Gasteiger partial charge in [0.1, 0.15) is 18.3 Å². The van der Waals surface area contributed by atoms with Crippen LogP contribution >= 0.6 is 0 Å². The molecule has 2 N–H and O–H groups in total. The third kappa shape index (κ3) is 2.70. The quantitative estimate of drug-likeness (QED) is 0.906. The summed E-state index contributed by atoms with van der Waals surface area (Å²) in [6.07, 6.45) is 3.80. The highest BCUT2D eigenvalue weighted by atomic mass is 16.5. The summed E-state index contributed by atoms with van der Waals surface area (Å²) < 4.78 is 5.43. The Morgan fingerprint density at radius 2 is 1.90 bits per heavy atom. The number of rotatable bonds is 4. The third-order valence-electron chi connectivity index (χ3n) is 4.23. The summed E-state index contributed by atoms with van der Waals surface area (Å²) in [6, 6.07) is 17.8. The third-order valence-corrected chi connectivity index (χ3v) is 4.23. The molecule has 1 unspecified atom stereocenters. The van der Waals surface area contributed by atoms with E-state index >= 15 is 0 Å². The van der Waals surface area contributed by atoms with Crippen LogP contribution in [0.3, 0.4) is 0 Å². The van der Waals surface area contributed by atoms with Crippen LogP contribution in [0.15, 0.2) is 48.5 Å². The molecule has 0 saturated carbocycles. The Kier molecular flexibility index (Phi) is 4.03. The highest BCUT2D eigenvalue weighted by molar-refractivity contribution is 5.33. The van der Waals surface area contributed by atoms with Gasteiger partial charge in [-0.3, -0.25) is 0 Å². The second-order valence-corrected chi connectivity index (χ2v) is 5.45. The zero-order valence-electron chi connectivity index (χ0n) is 12.0. The van der Waals surface area contributed by atoms with E-state index in [2.05, 4.69) is 41.7 Å². The van der Waals surface area contributed by atoms with Crippen molar-refractivity contribution in [2.45, 2.75) is 31.8 Å². The standard InChI is InChI=1S/C18H21NO/c1-20-18-12-5-3-8-15(18)13-19-17-11-6-9-14-7-2-4-10-16(14)17/h2-5,7-8,10,12,17,19H,6,9,11,13H2,1H3/p+1. The Morgan fingerprint density at radius 3 is 2.80 bits per heavy atom. The number of hydrogen-bond acceptors (Lipinski definition) is 1. The summed E-state index contributed by atoms with van der Waals surface area (Å²) in [5, 5.41) is 2.45. The first-order chi connectivity index (χ1) is 9.88. The molecule has 0 aromatic heterocycles. The number of quaternary nitrogens is 1. The van der Waals surface area contributed by atoms with Crippen LogP contribution in [0.5, 0.6) is 5.75 Å². The zero-order chi connectivity index (χ0) is 13.8. The Hall–Kier alpha value is -1.80. The predicted octanol–water partition coefficient (Wildman–Crippen LogP) is 2.84. The lowest BCUT2D eigenvalue weighted by molar-refractivity contribution is -0.712. The van der Waals surface area contributed by atoms with Gasteiger partial charge in [0, 0.05) is 17.5 Å². The number of benzene rings is 2. The molecule has 104 valence electrons. The monoisotopic (exact) mass is 268 g/mol. The van der Waals surface area contributed by atoms with E-state index in [9.17, 15) is 0 Å². The minimum atomic E-state index is 0.588. The fraction of sp³-hybridized carbons (Fsp3) is 0.333. The molecule has 0 heterocycles. The molecule has 0 amide bonds. The van der Waals surface area contributed by atoms with Gasteiger partial charge in [-0.15, -0.1) is 0 Å². The fourth-order valence-corrected chi connectivity index (χ4v) is 3.18. The highest BCUT2D eigenvalue weighted by Crippen LogP contribution is 2.27. The molecule has 0 radical (unpaired) electrons. The van der Waals surface area contributed by atoms with Crippen LogP contribution in [0, 0.1) is 0 Å². The minimum Gasteiger partial charge on any atom is -0.496 e. The summed E-state index contributed by atoms with van der Waals surface area (Å²) in [5.41, 5.74) is 4.33. The zero-order valence-corrected chi connectivity index (χ0v) is 12.0. The molecule has 2 aromatic carbocycles. The van der Waals surface area contributed by atoms with E-state index < -0.39 is 0 Å². The number of ether oxygens (including phenoxy) is 1. The predicted molar refractivity (Wildman–Crippen MR) is 80.7 cm³/mol. The Labute approximate surface area is 120 Å². The molecule has 2 nitrogen and oxygen atoms in total. The van der Waals surface area contributed by atoms with Crippen LogP contribution in [-0.2, 0) is 13.0 Å². The van der Waals surface area contributed by atoms with Crippen molar-refractivity contribution in [3.63, 3.8) is 0 Å². The van der Waals surface area contributed by atoms with E-state index in [0.717, 1.165) is 12.3 Å². The molecule has 0 saturated heterocycles. The maximum Gasteiger partial charge on any atom is 0.127 e. The van der Waals surface area contributed by atoms with E-state index in [4.69, 9.17) is 4.74 Å². The minimum absolute atomic E-state index is 0.588. The van der Waals surface area contributed by atoms with E-state index in [-0.39, 0.29) is 0 Å². The number of hydrogen-bond donors (Lipinski definition) is 1. The van der Waals surface area contributed by atoms with Crippen molar-refractivity contribution in [3.8, 4) is 5.75 Å². The van der Waals surface area contributed by atoms with E-state index in [0.29, 0.717) is 6.04 Å². The van der Waals surface area contributed by atoms with Crippen molar-refractivity contribution in [3.05, 3.63) is 65.2 Å². The van der Waals surface area contributed by atoms with Gasteiger partial charge in [-0.2, -0.15) is 0 Å². The van der Waals surface area contributed by atoms with Gasteiger partial charge >= 0.3 is 0 Å².